The third-order valence-electron chi connectivity index (χ3n) is 1.70. The van der Waals surface area contributed by atoms with Gasteiger partial charge in [0.05, 0.1) is 12.2 Å². The number of carbonyl (C=O) groups excluding carboxylic acids is 1. The number of hydrogen-bond acceptors (Lipinski definition) is 4. The Hall–Kier alpha value is -1.42. The van der Waals surface area contributed by atoms with Crippen molar-refractivity contribution in [1.29, 1.82) is 0 Å². The van der Waals surface area contributed by atoms with Gasteiger partial charge in [0.2, 0.25) is 0 Å². The van der Waals surface area contributed by atoms with E-state index in [9.17, 15) is 4.79 Å². The highest BCUT2D eigenvalue weighted by molar-refractivity contribution is 5.88. The van der Waals surface area contributed by atoms with Gasteiger partial charge in [0, 0.05) is 12.4 Å². The van der Waals surface area contributed by atoms with Crippen LogP contribution in [0.4, 0.5) is 0 Å². The molecule has 76 valence electrons. The van der Waals surface area contributed by atoms with E-state index in [0.29, 0.717) is 12.2 Å². The number of rotatable bonds is 5. The van der Waals surface area contributed by atoms with Crippen molar-refractivity contribution in [3.63, 3.8) is 0 Å². The summed E-state index contributed by atoms with van der Waals surface area (Å²) in [7, 11) is 1.86. The van der Waals surface area contributed by atoms with Gasteiger partial charge in [-0.2, -0.15) is 0 Å². The normalized spacial score (nSPS) is 9.79. The third kappa shape index (κ3) is 3.53. The smallest absolute Gasteiger partial charge is 0.339 e. The molecule has 0 amide bonds. The number of esters is 1. The maximum absolute atomic E-state index is 11.3. The van der Waals surface area contributed by atoms with Gasteiger partial charge in [-0.3, -0.25) is 4.98 Å². The average Bonchev–Trinajstić information content (AvgIpc) is 2.25. The van der Waals surface area contributed by atoms with Gasteiger partial charge in [-0.1, -0.05) is 0 Å². The third-order valence-corrected chi connectivity index (χ3v) is 1.70. The van der Waals surface area contributed by atoms with Gasteiger partial charge in [0.1, 0.15) is 0 Å². The predicted molar refractivity (Wildman–Crippen MR) is 53.1 cm³/mol. The molecule has 0 spiro atoms. The van der Waals surface area contributed by atoms with E-state index >= 15 is 0 Å². The molecule has 0 saturated carbocycles. The second kappa shape index (κ2) is 6.10. The van der Waals surface area contributed by atoms with Crippen LogP contribution in [0.5, 0.6) is 0 Å². The molecule has 0 fully saturated rings. The fourth-order valence-corrected chi connectivity index (χ4v) is 0.981. The summed E-state index contributed by atoms with van der Waals surface area (Å²) in [6.07, 6.45) is 3.95. The Morgan fingerprint density at radius 1 is 1.64 bits per heavy atom. The van der Waals surface area contributed by atoms with Crippen molar-refractivity contribution in [2.45, 2.75) is 6.42 Å². The first-order valence-electron chi connectivity index (χ1n) is 4.56. The van der Waals surface area contributed by atoms with Gasteiger partial charge < -0.3 is 10.1 Å². The largest absolute Gasteiger partial charge is 0.462 e. The predicted octanol–water partition coefficient (Wildman–Crippen LogP) is 0.848. The maximum atomic E-state index is 11.3. The average molecular weight is 194 g/mol. The fraction of sp³-hybridized carbons (Fsp3) is 0.400. The molecule has 0 unspecified atom stereocenters. The molecular weight excluding hydrogens is 180 g/mol. The number of aromatic nitrogens is 1. The van der Waals surface area contributed by atoms with Crippen molar-refractivity contribution in [1.82, 2.24) is 10.3 Å². The zero-order valence-electron chi connectivity index (χ0n) is 8.19. The number of nitrogens with zero attached hydrogens (tertiary/aromatic N) is 1. The SMILES string of the molecule is CNCCCOC(=O)c1cccnc1. The summed E-state index contributed by atoms with van der Waals surface area (Å²) >= 11 is 0. The number of hydrogen-bond donors (Lipinski definition) is 1. The molecule has 1 N–H and O–H groups in total. The number of ether oxygens (including phenoxy) is 1. The molecule has 0 aliphatic heterocycles. The molecule has 1 aromatic rings. The Labute approximate surface area is 83.3 Å². The molecule has 4 heteroatoms. The minimum absolute atomic E-state index is 0.311. The standard InChI is InChI=1S/C10H14N2O2/c1-11-5-3-7-14-10(13)9-4-2-6-12-8-9/h2,4,6,8,11H,3,5,7H2,1H3. The molecule has 0 aromatic carbocycles. The van der Waals surface area contributed by atoms with E-state index in [2.05, 4.69) is 10.3 Å². The molecule has 1 aromatic heterocycles. The van der Waals surface area contributed by atoms with Gasteiger partial charge in [0.15, 0.2) is 0 Å². The second-order valence-electron chi connectivity index (χ2n) is 2.83. The first kappa shape index (κ1) is 10.7. The minimum atomic E-state index is -0.311. The number of pyridine rings is 1. The lowest BCUT2D eigenvalue weighted by atomic mass is 10.3. The van der Waals surface area contributed by atoms with Crippen LogP contribution in [0.2, 0.25) is 0 Å². The molecule has 4 nitrogen and oxygen atoms in total. The van der Waals surface area contributed by atoms with Gasteiger partial charge in [-0.15, -0.1) is 0 Å². The summed E-state index contributed by atoms with van der Waals surface area (Å²) in [5, 5.41) is 2.98. The van der Waals surface area contributed by atoms with Crippen molar-refractivity contribution in [2.75, 3.05) is 20.2 Å². The van der Waals surface area contributed by atoms with Crippen LogP contribution in [0.15, 0.2) is 24.5 Å². The van der Waals surface area contributed by atoms with Crippen LogP contribution in [0.1, 0.15) is 16.8 Å². The van der Waals surface area contributed by atoms with E-state index in [1.807, 2.05) is 7.05 Å². The van der Waals surface area contributed by atoms with Gasteiger partial charge >= 0.3 is 5.97 Å². The summed E-state index contributed by atoms with van der Waals surface area (Å²) in [6, 6.07) is 3.40. The molecule has 0 saturated heterocycles. The Kier molecular flexibility index (Phi) is 4.64. The summed E-state index contributed by atoms with van der Waals surface area (Å²) in [6.45, 7) is 1.29. The van der Waals surface area contributed by atoms with E-state index in [-0.39, 0.29) is 5.97 Å². The van der Waals surface area contributed by atoms with E-state index < -0.39 is 0 Å². The number of carbonyl (C=O) groups is 1. The van der Waals surface area contributed by atoms with E-state index in [1.54, 1.807) is 18.3 Å². The van der Waals surface area contributed by atoms with Crippen molar-refractivity contribution in [3.8, 4) is 0 Å². The quantitative estimate of drug-likeness (QED) is 0.557. The van der Waals surface area contributed by atoms with Crippen LogP contribution in [0, 0.1) is 0 Å². The summed E-state index contributed by atoms with van der Waals surface area (Å²) in [5.74, 6) is -0.311. The monoisotopic (exact) mass is 194 g/mol. The summed E-state index contributed by atoms with van der Waals surface area (Å²) in [4.78, 5) is 15.2. The molecule has 1 rings (SSSR count). The van der Waals surface area contributed by atoms with Crippen LogP contribution in [-0.2, 0) is 4.74 Å². The Balaban J connectivity index is 2.29. The molecule has 0 radical (unpaired) electrons. The molecule has 0 aliphatic rings. The number of nitrogens with one attached hydrogen (secondary N) is 1. The van der Waals surface area contributed by atoms with Crippen LogP contribution in [-0.4, -0.2) is 31.2 Å². The minimum Gasteiger partial charge on any atom is -0.462 e. The zero-order chi connectivity index (χ0) is 10.2. The highest BCUT2D eigenvalue weighted by Crippen LogP contribution is 1.98. The van der Waals surface area contributed by atoms with E-state index in [0.717, 1.165) is 13.0 Å². The Morgan fingerprint density at radius 3 is 3.14 bits per heavy atom. The van der Waals surface area contributed by atoms with Crippen molar-refractivity contribution < 1.29 is 9.53 Å². The fourth-order valence-electron chi connectivity index (χ4n) is 0.981. The van der Waals surface area contributed by atoms with Crippen molar-refractivity contribution in [3.05, 3.63) is 30.1 Å². The van der Waals surface area contributed by atoms with E-state index in [4.69, 9.17) is 4.74 Å². The highest BCUT2D eigenvalue weighted by Gasteiger charge is 2.05. The van der Waals surface area contributed by atoms with Crippen LogP contribution >= 0.6 is 0 Å². The van der Waals surface area contributed by atoms with Crippen LogP contribution in [0.25, 0.3) is 0 Å². The Bertz CT molecular complexity index is 275. The molecule has 0 aliphatic carbocycles. The summed E-state index contributed by atoms with van der Waals surface area (Å²) in [5.41, 5.74) is 0.497. The maximum Gasteiger partial charge on any atom is 0.339 e. The molecule has 1 heterocycles. The highest BCUT2D eigenvalue weighted by atomic mass is 16.5. The van der Waals surface area contributed by atoms with E-state index in [1.165, 1.54) is 6.20 Å². The topological polar surface area (TPSA) is 51.2 Å². The zero-order valence-corrected chi connectivity index (χ0v) is 8.19. The second-order valence-corrected chi connectivity index (χ2v) is 2.83. The van der Waals surface area contributed by atoms with Crippen molar-refractivity contribution in [2.24, 2.45) is 0 Å². The molecule has 14 heavy (non-hydrogen) atoms. The molecular formula is C10H14N2O2. The molecule has 0 bridgehead atoms. The van der Waals surface area contributed by atoms with Gasteiger partial charge in [0.25, 0.3) is 0 Å². The van der Waals surface area contributed by atoms with Gasteiger partial charge in [-0.05, 0) is 32.1 Å². The Morgan fingerprint density at radius 2 is 2.50 bits per heavy atom. The lowest BCUT2D eigenvalue weighted by Crippen LogP contribution is -2.13. The first-order valence-corrected chi connectivity index (χ1v) is 4.56. The first-order chi connectivity index (χ1) is 6.84. The van der Waals surface area contributed by atoms with Crippen LogP contribution < -0.4 is 5.32 Å². The lowest BCUT2D eigenvalue weighted by molar-refractivity contribution is 0.0500. The van der Waals surface area contributed by atoms with Crippen LogP contribution in [0.3, 0.4) is 0 Å². The summed E-state index contributed by atoms with van der Waals surface area (Å²) < 4.78 is 5.01. The van der Waals surface area contributed by atoms with Crippen molar-refractivity contribution >= 4 is 5.97 Å². The van der Waals surface area contributed by atoms with Gasteiger partial charge in [-0.25, -0.2) is 4.79 Å². The molecule has 0 atom stereocenters. The lowest BCUT2D eigenvalue weighted by Gasteiger charge is -2.03.